The van der Waals surface area contributed by atoms with Gasteiger partial charge in [0.15, 0.2) is 8.32 Å². The molecule has 1 aromatic heterocycles. The number of aromatic nitrogens is 1. The molecule has 0 bridgehead atoms. The zero-order chi connectivity index (χ0) is 19.9. The lowest BCUT2D eigenvalue weighted by Gasteiger charge is -2.36. The zero-order valence-electron chi connectivity index (χ0n) is 16.9. The highest BCUT2D eigenvalue weighted by Crippen LogP contribution is 2.36. The van der Waals surface area contributed by atoms with Crippen molar-refractivity contribution < 1.29 is 14.0 Å². The standard InChI is InChI=1S/C21H30N2O3Si/c1-21(2,3)27(4,5)26-14-12-18-15-19(11-13-22-18)23-20(24)25-16-17-9-7-6-8-10-17/h6-11,13,15H,12,14,16H2,1-5H3,(H,22,23,24). The van der Waals surface area contributed by atoms with Gasteiger partial charge in [0.25, 0.3) is 0 Å². The average molecular weight is 387 g/mol. The molecule has 0 atom stereocenters. The maximum Gasteiger partial charge on any atom is 0.411 e. The second kappa shape index (κ2) is 9.15. The van der Waals surface area contributed by atoms with E-state index in [1.165, 1.54) is 0 Å². The average Bonchev–Trinajstić information content (AvgIpc) is 2.60. The molecule has 6 heteroatoms. The van der Waals surface area contributed by atoms with Gasteiger partial charge in [-0.15, -0.1) is 0 Å². The summed E-state index contributed by atoms with van der Waals surface area (Å²) >= 11 is 0. The number of anilines is 1. The van der Waals surface area contributed by atoms with E-state index in [1.807, 2.05) is 36.4 Å². The van der Waals surface area contributed by atoms with E-state index in [9.17, 15) is 4.79 Å². The Balaban J connectivity index is 1.83. The molecule has 1 aromatic carbocycles. The maximum atomic E-state index is 12.0. The van der Waals surface area contributed by atoms with Crippen molar-refractivity contribution in [3.05, 3.63) is 59.9 Å². The third kappa shape index (κ3) is 6.80. The third-order valence-corrected chi connectivity index (χ3v) is 9.44. The second-order valence-corrected chi connectivity index (χ2v) is 12.9. The molecular formula is C21H30N2O3Si. The van der Waals surface area contributed by atoms with Gasteiger partial charge in [-0.25, -0.2) is 4.79 Å². The van der Waals surface area contributed by atoms with Gasteiger partial charge in [0.2, 0.25) is 0 Å². The minimum Gasteiger partial charge on any atom is -0.444 e. The molecule has 27 heavy (non-hydrogen) atoms. The van der Waals surface area contributed by atoms with Crippen LogP contribution in [0.5, 0.6) is 0 Å². The minimum atomic E-state index is -1.76. The van der Waals surface area contributed by atoms with E-state index in [0.29, 0.717) is 18.7 Å². The Morgan fingerprint density at radius 2 is 1.85 bits per heavy atom. The first kappa shape index (κ1) is 21.1. The van der Waals surface area contributed by atoms with Crippen LogP contribution < -0.4 is 5.32 Å². The number of hydrogen-bond donors (Lipinski definition) is 1. The van der Waals surface area contributed by atoms with Crippen molar-refractivity contribution in [3.8, 4) is 0 Å². The fraction of sp³-hybridized carbons (Fsp3) is 0.429. The van der Waals surface area contributed by atoms with Crippen LogP contribution in [0.2, 0.25) is 18.1 Å². The summed E-state index contributed by atoms with van der Waals surface area (Å²) in [5, 5.41) is 2.94. The van der Waals surface area contributed by atoms with Crippen molar-refractivity contribution in [2.24, 2.45) is 0 Å². The van der Waals surface area contributed by atoms with Crippen LogP contribution in [0.25, 0.3) is 0 Å². The number of carbonyl (C=O) groups is 1. The molecule has 0 saturated heterocycles. The number of rotatable bonds is 7. The topological polar surface area (TPSA) is 60.5 Å². The largest absolute Gasteiger partial charge is 0.444 e. The van der Waals surface area contributed by atoms with Crippen LogP contribution in [0.1, 0.15) is 32.0 Å². The molecular weight excluding hydrogens is 356 g/mol. The van der Waals surface area contributed by atoms with Crippen molar-refractivity contribution in [1.82, 2.24) is 4.98 Å². The molecule has 146 valence electrons. The van der Waals surface area contributed by atoms with Crippen LogP contribution in [0.15, 0.2) is 48.7 Å². The van der Waals surface area contributed by atoms with Crippen LogP contribution in [-0.4, -0.2) is 26.0 Å². The Morgan fingerprint density at radius 3 is 2.52 bits per heavy atom. The molecule has 1 heterocycles. The molecule has 2 rings (SSSR count). The quantitative estimate of drug-likeness (QED) is 0.648. The number of carbonyl (C=O) groups excluding carboxylic acids is 1. The number of amides is 1. The molecule has 2 aromatic rings. The van der Waals surface area contributed by atoms with Crippen LogP contribution in [0, 0.1) is 0 Å². The summed E-state index contributed by atoms with van der Waals surface area (Å²) in [6, 6.07) is 13.2. The van der Waals surface area contributed by atoms with Crippen LogP contribution >= 0.6 is 0 Å². The SMILES string of the molecule is CC(C)(C)[Si](C)(C)OCCc1cc(NC(=O)OCc2ccccc2)ccn1. The molecule has 0 spiro atoms. The summed E-state index contributed by atoms with van der Waals surface area (Å²) in [4.78, 5) is 16.3. The smallest absolute Gasteiger partial charge is 0.411 e. The van der Waals surface area contributed by atoms with E-state index in [2.05, 4.69) is 44.2 Å². The summed E-state index contributed by atoms with van der Waals surface area (Å²) in [5.74, 6) is 0. The van der Waals surface area contributed by atoms with Crippen molar-refractivity contribution in [2.75, 3.05) is 11.9 Å². The Hall–Kier alpha value is -2.18. The molecule has 0 aliphatic heterocycles. The molecule has 5 nitrogen and oxygen atoms in total. The van der Waals surface area contributed by atoms with E-state index in [4.69, 9.17) is 9.16 Å². The number of benzene rings is 1. The van der Waals surface area contributed by atoms with Gasteiger partial charge in [-0.2, -0.15) is 0 Å². The van der Waals surface area contributed by atoms with Gasteiger partial charge in [-0.05, 0) is 35.8 Å². The van der Waals surface area contributed by atoms with E-state index < -0.39 is 14.4 Å². The summed E-state index contributed by atoms with van der Waals surface area (Å²) in [5.41, 5.74) is 2.51. The van der Waals surface area contributed by atoms with Gasteiger partial charge in [0.1, 0.15) is 6.61 Å². The van der Waals surface area contributed by atoms with Crippen molar-refractivity contribution >= 4 is 20.1 Å². The van der Waals surface area contributed by atoms with E-state index in [0.717, 1.165) is 11.3 Å². The first-order chi connectivity index (χ1) is 12.7. The van der Waals surface area contributed by atoms with Gasteiger partial charge in [-0.3, -0.25) is 10.3 Å². The lowest BCUT2D eigenvalue weighted by Crippen LogP contribution is -2.41. The molecule has 0 saturated carbocycles. The molecule has 0 radical (unpaired) electrons. The highest BCUT2D eigenvalue weighted by atomic mass is 28.4. The Bertz CT molecular complexity index is 743. The van der Waals surface area contributed by atoms with E-state index in [1.54, 1.807) is 12.3 Å². The highest BCUT2D eigenvalue weighted by molar-refractivity contribution is 6.74. The molecule has 1 N–H and O–H groups in total. The van der Waals surface area contributed by atoms with Crippen molar-refractivity contribution in [1.29, 1.82) is 0 Å². The number of pyridine rings is 1. The fourth-order valence-corrected chi connectivity index (χ4v) is 3.24. The summed E-state index contributed by atoms with van der Waals surface area (Å²) in [6.45, 7) is 12.0. The summed E-state index contributed by atoms with van der Waals surface area (Å²) in [6.07, 6.45) is 1.92. The Morgan fingerprint density at radius 1 is 1.15 bits per heavy atom. The number of ether oxygens (including phenoxy) is 1. The van der Waals surface area contributed by atoms with E-state index in [-0.39, 0.29) is 11.6 Å². The van der Waals surface area contributed by atoms with Gasteiger partial charge < -0.3 is 9.16 Å². The first-order valence-electron chi connectivity index (χ1n) is 9.24. The van der Waals surface area contributed by atoms with Crippen LogP contribution in [0.3, 0.4) is 0 Å². The second-order valence-electron chi connectivity index (χ2n) is 8.08. The lowest BCUT2D eigenvalue weighted by molar-refractivity contribution is 0.155. The zero-order valence-corrected chi connectivity index (χ0v) is 17.9. The monoisotopic (exact) mass is 386 g/mol. The minimum absolute atomic E-state index is 0.187. The van der Waals surface area contributed by atoms with Gasteiger partial charge in [-0.1, -0.05) is 51.1 Å². The Kier molecular flexibility index (Phi) is 7.16. The molecule has 1 amide bonds. The number of hydrogen-bond acceptors (Lipinski definition) is 4. The molecule has 0 aliphatic rings. The van der Waals surface area contributed by atoms with Crippen molar-refractivity contribution in [3.63, 3.8) is 0 Å². The third-order valence-electron chi connectivity index (χ3n) is 4.90. The predicted molar refractivity (Wildman–Crippen MR) is 111 cm³/mol. The number of nitrogens with zero attached hydrogens (tertiary/aromatic N) is 1. The molecule has 0 unspecified atom stereocenters. The fourth-order valence-electron chi connectivity index (χ4n) is 2.20. The first-order valence-corrected chi connectivity index (χ1v) is 12.1. The van der Waals surface area contributed by atoms with E-state index >= 15 is 0 Å². The summed E-state index contributed by atoms with van der Waals surface area (Å²) in [7, 11) is -1.76. The molecule has 0 aliphatic carbocycles. The Labute approximate surface area is 163 Å². The lowest BCUT2D eigenvalue weighted by atomic mass is 10.2. The van der Waals surface area contributed by atoms with Gasteiger partial charge in [0, 0.05) is 30.6 Å². The highest BCUT2D eigenvalue weighted by Gasteiger charge is 2.36. The van der Waals surface area contributed by atoms with Crippen molar-refractivity contribution in [2.45, 2.75) is 51.9 Å². The van der Waals surface area contributed by atoms with Crippen LogP contribution in [-0.2, 0) is 22.2 Å². The normalized spacial score (nSPS) is 11.9. The predicted octanol–water partition coefficient (Wildman–Crippen LogP) is 5.39. The van der Waals surface area contributed by atoms with Gasteiger partial charge in [0.05, 0.1) is 0 Å². The maximum absolute atomic E-state index is 12.0. The summed E-state index contributed by atoms with van der Waals surface area (Å²) < 4.78 is 11.4. The van der Waals surface area contributed by atoms with Gasteiger partial charge >= 0.3 is 6.09 Å². The number of nitrogens with one attached hydrogen (secondary N) is 1. The molecule has 0 fully saturated rings. The van der Waals surface area contributed by atoms with Crippen LogP contribution in [0.4, 0.5) is 10.5 Å².